The molecule has 1 aromatic rings. The van der Waals surface area contributed by atoms with Gasteiger partial charge in [-0.05, 0) is 12.8 Å². The molecule has 0 amide bonds. The first kappa shape index (κ1) is 24.8. The van der Waals surface area contributed by atoms with Crippen LogP contribution in [-0.2, 0) is 23.8 Å². The summed E-state index contributed by atoms with van der Waals surface area (Å²) in [4.78, 5) is 49.3. The molecule has 1 saturated heterocycles. The van der Waals surface area contributed by atoms with Crippen LogP contribution in [0.3, 0.4) is 0 Å². The van der Waals surface area contributed by atoms with E-state index in [1.807, 2.05) is 18.8 Å². The number of halogens is 1. The van der Waals surface area contributed by atoms with E-state index < -0.39 is 41.5 Å². The zero-order valence-corrected chi connectivity index (χ0v) is 18.1. The molecule has 1 fully saturated rings. The average Bonchev–Trinajstić information content (AvgIpc) is 3.11. The highest BCUT2D eigenvalue weighted by atomic mass is 19.1. The number of hydrogen-bond acceptors (Lipinski definition) is 7. The maximum Gasteiger partial charge on any atom is 0.330 e. The predicted molar refractivity (Wildman–Crippen MR) is 109 cm³/mol. The van der Waals surface area contributed by atoms with Crippen LogP contribution in [0.2, 0.25) is 0 Å². The first-order valence-electron chi connectivity index (χ1n) is 10.9. The van der Waals surface area contributed by atoms with Gasteiger partial charge in [0, 0.05) is 19.3 Å². The lowest BCUT2D eigenvalue weighted by Gasteiger charge is -2.19. The number of unbranched alkanes of at least 4 members (excludes halogenated alkanes) is 4. The molecule has 0 saturated carbocycles. The molecule has 1 aliphatic rings. The van der Waals surface area contributed by atoms with Crippen LogP contribution in [0.4, 0.5) is 4.39 Å². The lowest BCUT2D eigenvalue weighted by Crippen LogP contribution is -2.34. The van der Waals surface area contributed by atoms with Gasteiger partial charge in [-0.3, -0.25) is 23.9 Å². The molecule has 2 rings (SSSR count). The number of rotatable bonds is 12. The number of nitrogens with one attached hydrogen (secondary N) is 1. The molecule has 0 spiro atoms. The number of aromatic nitrogens is 2. The second-order valence-corrected chi connectivity index (χ2v) is 7.63. The molecule has 0 aliphatic carbocycles. The molecule has 2 heterocycles. The lowest BCUT2D eigenvalue weighted by atomic mass is 10.1. The lowest BCUT2D eigenvalue weighted by molar-refractivity contribution is -0.158. The summed E-state index contributed by atoms with van der Waals surface area (Å²) in [7, 11) is 0. The van der Waals surface area contributed by atoms with Gasteiger partial charge in [0.05, 0.1) is 6.20 Å². The van der Waals surface area contributed by atoms with E-state index in [0.29, 0.717) is 12.8 Å². The van der Waals surface area contributed by atoms with Crippen LogP contribution >= 0.6 is 0 Å². The summed E-state index contributed by atoms with van der Waals surface area (Å²) < 4.78 is 31.1. The summed E-state index contributed by atoms with van der Waals surface area (Å²) in [5.74, 6) is -1.94. The van der Waals surface area contributed by atoms with Crippen molar-refractivity contribution < 1.29 is 28.2 Å². The number of ether oxygens (including phenoxy) is 3. The smallest absolute Gasteiger partial charge is 0.330 e. The van der Waals surface area contributed by atoms with Crippen molar-refractivity contribution in [3.63, 3.8) is 0 Å². The van der Waals surface area contributed by atoms with Crippen LogP contribution in [0.5, 0.6) is 0 Å². The average molecular weight is 442 g/mol. The number of aromatic amines is 1. The first-order chi connectivity index (χ1) is 14.8. The van der Waals surface area contributed by atoms with Gasteiger partial charge in [-0.25, -0.2) is 4.79 Å². The van der Waals surface area contributed by atoms with Crippen molar-refractivity contribution in [1.29, 1.82) is 0 Å². The Morgan fingerprint density at radius 2 is 1.77 bits per heavy atom. The van der Waals surface area contributed by atoms with Crippen molar-refractivity contribution in [2.45, 2.75) is 90.1 Å². The predicted octanol–water partition coefficient (Wildman–Crippen LogP) is 2.58. The van der Waals surface area contributed by atoms with Gasteiger partial charge in [0.15, 0.2) is 0 Å². The summed E-state index contributed by atoms with van der Waals surface area (Å²) in [6, 6.07) is 0. The number of hydrogen-bond donors (Lipinski definition) is 1. The van der Waals surface area contributed by atoms with Crippen LogP contribution in [0, 0.1) is 5.82 Å². The Bertz CT molecular complexity index is 851. The summed E-state index contributed by atoms with van der Waals surface area (Å²) >= 11 is 0. The Balaban J connectivity index is 2.06. The summed E-state index contributed by atoms with van der Waals surface area (Å²) in [5.41, 5.74) is -1.97. The Morgan fingerprint density at radius 3 is 2.42 bits per heavy atom. The second kappa shape index (κ2) is 12.4. The zero-order chi connectivity index (χ0) is 22.8. The number of esters is 2. The number of nitrogens with zero attached hydrogens (tertiary/aromatic N) is 1. The van der Waals surface area contributed by atoms with Crippen molar-refractivity contribution in [3.8, 4) is 0 Å². The molecule has 0 radical (unpaired) electrons. The second-order valence-electron chi connectivity index (χ2n) is 7.63. The Labute approximate surface area is 179 Å². The maximum atomic E-state index is 13.7. The fourth-order valence-electron chi connectivity index (χ4n) is 3.33. The number of carbonyl (C=O) groups excluding carboxylic acids is 2. The highest BCUT2D eigenvalue weighted by Crippen LogP contribution is 2.30. The van der Waals surface area contributed by atoms with Crippen LogP contribution in [-0.4, -0.2) is 40.3 Å². The van der Waals surface area contributed by atoms with E-state index in [2.05, 4.69) is 0 Å². The fraction of sp³-hybridized carbons (Fsp3) is 0.714. The van der Waals surface area contributed by atoms with E-state index in [9.17, 15) is 23.6 Å². The molecule has 0 unspecified atom stereocenters. The van der Waals surface area contributed by atoms with Crippen molar-refractivity contribution in [2.75, 3.05) is 6.61 Å². The molecule has 0 aromatic carbocycles. The van der Waals surface area contributed by atoms with Crippen LogP contribution in [0.1, 0.15) is 77.9 Å². The van der Waals surface area contributed by atoms with Gasteiger partial charge in [0.2, 0.25) is 5.82 Å². The van der Waals surface area contributed by atoms with Gasteiger partial charge >= 0.3 is 17.6 Å². The summed E-state index contributed by atoms with van der Waals surface area (Å²) in [5, 5.41) is 0. The standard InChI is InChI=1S/C21H31FN2O7/c1-3-5-7-9-18(25)29-13-16-15(31-19(26)10-8-6-4-2)11-17(30-16)24-12-14(22)20(27)23-21(24)28/h12,15-17H,3-11,13H2,1-2H3,(H,23,27,28)/t15-,16+,17+/m0/s1. The summed E-state index contributed by atoms with van der Waals surface area (Å²) in [6.07, 6.45) is 3.91. The van der Waals surface area contributed by atoms with E-state index in [4.69, 9.17) is 14.2 Å². The normalized spacial score (nSPS) is 20.5. The molecular weight excluding hydrogens is 411 g/mol. The van der Waals surface area contributed by atoms with Crippen molar-refractivity contribution in [1.82, 2.24) is 9.55 Å². The third-order valence-electron chi connectivity index (χ3n) is 5.08. The van der Waals surface area contributed by atoms with Crippen molar-refractivity contribution in [3.05, 3.63) is 32.9 Å². The fourth-order valence-corrected chi connectivity index (χ4v) is 3.33. The Morgan fingerprint density at radius 1 is 1.13 bits per heavy atom. The molecule has 174 valence electrons. The van der Waals surface area contributed by atoms with Gasteiger partial charge < -0.3 is 14.2 Å². The molecule has 1 N–H and O–H groups in total. The van der Waals surface area contributed by atoms with E-state index in [1.54, 1.807) is 0 Å². The largest absolute Gasteiger partial charge is 0.463 e. The number of carbonyl (C=O) groups is 2. The molecule has 0 bridgehead atoms. The van der Waals surface area contributed by atoms with Gasteiger partial charge in [-0.2, -0.15) is 4.39 Å². The van der Waals surface area contributed by atoms with Crippen LogP contribution < -0.4 is 11.2 Å². The first-order valence-corrected chi connectivity index (χ1v) is 10.9. The highest BCUT2D eigenvalue weighted by Gasteiger charge is 2.40. The van der Waals surface area contributed by atoms with Crippen molar-refractivity contribution in [2.24, 2.45) is 0 Å². The van der Waals surface area contributed by atoms with E-state index in [0.717, 1.165) is 36.4 Å². The third-order valence-corrected chi connectivity index (χ3v) is 5.08. The summed E-state index contributed by atoms with van der Waals surface area (Å²) in [6.45, 7) is 3.89. The monoisotopic (exact) mass is 442 g/mol. The van der Waals surface area contributed by atoms with Gasteiger partial charge in [-0.1, -0.05) is 39.5 Å². The van der Waals surface area contributed by atoms with Gasteiger partial charge in [0.1, 0.15) is 25.0 Å². The van der Waals surface area contributed by atoms with E-state index in [1.165, 1.54) is 0 Å². The SMILES string of the molecule is CCCCCC(=O)OC[C@H]1O[C@@H](n2cc(F)c(=O)[nH]c2=O)C[C@@H]1OC(=O)CCCCC. The maximum absolute atomic E-state index is 13.7. The minimum atomic E-state index is -1.14. The Hall–Kier alpha value is -2.49. The topological polar surface area (TPSA) is 117 Å². The zero-order valence-electron chi connectivity index (χ0n) is 18.1. The molecule has 31 heavy (non-hydrogen) atoms. The van der Waals surface area contributed by atoms with Gasteiger partial charge in [0.25, 0.3) is 5.56 Å². The van der Waals surface area contributed by atoms with E-state index >= 15 is 0 Å². The highest BCUT2D eigenvalue weighted by molar-refractivity contribution is 5.70. The molecule has 1 aliphatic heterocycles. The number of H-pyrrole nitrogens is 1. The quantitative estimate of drug-likeness (QED) is 0.391. The third kappa shape index (κ3) is 7.61. The van der Waals surface area contributed by atoms with Crippen LogP contribution in [0.15, 0.2) is 15.8 Å². The minimum Gasteiger partial charge on any atom is -0.463 e. The molecule has 3 atom stereocenters. The molecule has 10 heteroatoms. The minimum absolute atomic E-state index is 0.0585. The van der Waals surface area contributed by atoms with E-state index in [-0.39, 0.29) is 31.8 Å². The molecule has 1 aromatic heterocycles. The molecular formula is C21H31FN2O7. The van der Waals surface area contributed by atoms with Crippen molar-refractivity contribution >= 4 is 11.9 Å². The Kier molecular flexibility index (Phi) is 9.90. The van der Waals surface area contributed by atoms with Gasteiger partial charge in [-0.15, -0.1) is 0 Å². The van der Waals surface area contributed by atoms with Crippen LogP contribution in [0.25, 0.3) is 0 Å². The molecule has 9 nitrogen and oxygen atoms in total.